The van der Waals surface area contributed by atoms with Crippen LogP contribution in [0.5, 0.6) is 0 Å². The Balaban J connectivity index is 2.11. The van der Waals surface area contributed by atoms with Gasteiger partial charge in [-0.05, 0) is 12.3 Å². The van der Waals surface area contributed by atoms with Gasteiger partial charge in [-0.3, -0.25) is 5.10 Å². The highest BCUT2D eigenvalue weighted by atomic mass is 32.2. The molecule has 4 nitrogen and oxygen atoms in total. The zero-order chi connectivity index (χ0) is 12.9. The van der Waals surface area contributed by atoms with E-state index >= 15 is 0 Å². The molecule has 0 aliphatic carbocycles. The number of aromatic amines is 1. The van der Waals surface area contributed by atoms with Crippen LogP contribution in [0.1, 0.15) is 11.4 Å². The third-order valence-electron chi connectivity index (χ3n) is 3.15. The van der Waals surface area contributed by atoms with Crippen molar-refractivity contribution in [2.45, 2.75) is 19.3 Å². The number of hydrogen-bond acceptors (Lipinski definition) is 3. The van der Waals surface area contributed by atoms with E-state index in [0.29, 0.717) is 18.7 Å². The predicted octanol–water partition coefficient (Wildman–Crippen LogP) is 2.48. The first-order valence-electron chi connectivity index (χ1n) is 5.43. The molecule has 0 radical (unpaired) electrons. The van der Waals surface area contributed by atoms with Crippen molar-refractivity contribution in [1.29, 1.82) is 0 Å². The SMILES string of the molecule is CSN1CCn2c(cc3c(C(F)(F)F)[nH]nc32)C1. The Morgan fingerprint density at radius 1 is 1.39 bits per heavy atom. The van der Waals surface area contributed by atoms with Crippen LogP contribution in [0.3, 0.4) is 0 Å². The van der Waals surface area contributed by atoms with Crippen molar-refractivity contribution >= 4 is 23.0 Å². The second-order valence-corrected chi connectivity index (χ2v) is 5.05. The number of nitrogens with one attached hydrogen (secondary N) is 1. The molecule has 1 aliphatic heterocycles. The summed E-state index contributed by atoms with van der Waals surface area (Å²) in [5, 5.41) is 6.06. The summed E-state index contributed by atoms with van der Waals surface area (Å²) < 4.78 is 42.3. The maximum Gasteiger partial charge on any atom is 0.433 e. The largest absolute Gasteiger partial charge is 0.433 e. The van der Waals surface area contributed by atoms with Crippen molar-refractivity contribution < 1.29 is 13.2 Å². The van der Waals surface area contributed by atoms with E-state index in [1.54, 1.807) is 18.0 Å². The van der Waals surface area contributed by atoms with Crippen LogP contribution in [-0.2, 0) is 19.3 Å². The summed E-state index contributed by atoms with van der Waals surface area (Å²) in [6, 6.07) is 1.59. The van der Waals surface area contributed by atoms with E-state index in [1.807, 2.05) is 10.8 Å². The number of hydrogen-bond donors (Lipinski definition) is 1. The molecule has 0 unspecified atom stereocenters. The van der Waals surface area contributed by atoms with Crippen LogP contribution in [0.2, 0.25) is 0 Å². The van der Waals surface area contributed by atoms with Gasteiger partial charge in [0.05, 0.1) is 5.39 Å². The molecule has 0 spiro atoms. The Hall–Kier alpha value is -1.15. The van der Waals surface area contributed by atoms with E-state index in [-0.39, 0.29) is 5.39 Å². The van der Waals surface area contributed by atoms with Crippen molar-refractivity contribution in [3.8, 4) is 0 Å². The van der Waals surface area contributed by atoms with Crippen LogP contribution >= 0.6 is 11.9 Å². The Morgan fingerprint density at radius 3 is 2.83 bits per heavy atom. The lowest BCUT2D eigenvalue weighted by atomic mass is 10.3. The molecule has 1 N–H and O–H groups in total. The standard InChI is InChI=1S/C10H11F3N4S/c1-18-16-2-3-17-6(5-16)4-7-8(10(11,12)13)14-15-9(7)17/h4H,2-3,5H2,1H3,(H,14,15). The lowest BCUT2D eigenvalue weighted by molar-refractivity contribution is -0.139. The van der Waals surface area contributed by atoms with E-state index in [0.717, 1.165) is 12.2 Å². The Labute approximate surface area is 105 Å². The van der Waals surface area contributed by atoms with Crippen LogP contribution in [0.4, 0.5) is 13.2 Å². The molecule has 0 saturated carbocycles. The van der Waals surface area contributed by atoms with E-state index in [9.17, 15) is 13.2 Å². The molecule has 0 bridgehead atoms. The molecule has 8 heteroatoms. The molecule has 0 amide bonds. The number of H-pyrrole nitrogens is 1. The highest BCUT2D eigenvalue weighted by Crippen LogP contribution is 2.35. The van der Waals surface area contributed by atoms with Gasteiger partial charge in [0.25, 0.3) is 0 Å². The van der Waals surface area contributed by atoms with Crippen LogP contribution in [0, 0.1) is 0 Å². The average molecular weight is 276 g/mol. The molecule has 2 aromatic rings. The van der Waals surface area contributed by atoms with E-state index < -0.39 is 11.9 Å². The van der Waals surface area contributed by atoms with Crippen molar-refractivity contribution in [2.24, 2.45) is 0 Å². The molecular formula is C10H11F3N4S. The van der Waals surface area contributed by atoms with Gasteiger partial charge in [-0.2, -0.15) is 18.3 Å². The summed E-state index contributed by atoms with van der Waals surface area (Å²) >= 11 is 1.60. The fraction of sp³-hybridized carbons (Fsp3) is 0.500. The van der Waals surface area contributed by atoms with E-state index in [2.05, 4.69) is 14.5 Å². The Morgan fingerprint density at radius 2 is 2.17 bits per heavy atom. The summed E-state index contributed by atoms with van der Waals surface area (Å²) in [5.74, 6) is 0. The third-order valence-corrected chi connectivity index (χ3v) is 3.98. The number of fused-ring (bicyclic) bond motifs is 3. The van der Waals surface area contributed by atoms with Gasteiger partial charge in [0.15, 0.2) is 5.65 Å². The highest BCUT2D eigenvalue weighted by Gasteiger charge is 2.36. The Kier molecular flexibility index (Phi) is 2.60. The van der Waals surface area contributed by atoms with E-state index in [1.165, 1.54) is 0 Å². The van der Waals surface area contributed by atoms with Crippen molar-refractivity contribution in [3.05, 3.63) is 17.5 Å². The minimum atomic E-state index is -4.38. The number of aromatic nitrogens is 3. The van der Waals surface area contributed by atoms with Gasteiger partial charge in [0.1, 0.15) is 5.69 Å². The summed E-state index contributed by atoms with van der Waals surface area (Å²) in [5.41, 5.74) is 0.528. The fourth-order valence-corrected chi connectivity index (χ4v) is 2.81. The summed E-state index contributed by atoms with van der Waals surface area (Å²) in [6.07, 6.45) is -2.42. The lowest BCUT2D eigenvalue weighted by Gasteiger charge is -2.25. The molecule has 0 fully saturated rings. The molecule has 98 valence electrons. The molecule has 2 aromatic heterocycles. The monoisotopic (exact) mass is 276 g/mol. The smallest absolute Gasteiger partial charge is 0.325 e. The number of nitrogens with zero attached hydrogens (tertiary/aromatic N) is 3. The topological polar surface area (TPSA) is 36.9 Å². The van der Waals surface area contributed by atoms with Crippen LogP contribution in [0.25, 0.3) is 11.0 Å². The van der Waals surface area contributed by atoms with Gasteiger partial charge < -0.3 is 4.57 Å². The summed E-state index contributed by atoms with van der Waals surface area (Å²) in [4.78, 5) is 0. The van der Waals surface area contributed by atoms with Gasteiger partial charge >= 0.3 is 6.18 Å². The Bertz CT molecular complexity index is 586. The van der Waals surface area contributed by atoms with Gasteiger partial charge in [-0.1, -0.05) is 11.9 Å². The highest BCUT2D eigenvalue weighted by molar-refractivity contribution is 7.96. The van der Waals surface area contributed by atoms with Crippen molar-refractivity contribution in [1.82, 2.24) is 19.1 Å². The molecule has 0 atom stereocenters. The third kappa shape index (κ3) is 1.71. The quantitative estimate of drug-likeness (QED) is 0.813. The lowest BCUT2D eigenvalue weighted by Crippen LogP contribution is -2.28. The maximum atomic E-state index is 12.8. The zero-order valence-corrected chi connectivity index (χ0v) is 10.4. The maximum absolute atomic E-state index is 12.8. The molecule has 3 heterocycles. The second-order valence-electron chi connectivity index (χ2n) is 4.17. The first kappa shape index (κ1) is 11.9. The van der Waals surface area contributed by atoms with Gasteiger partial charge in [0, 0.05) is 25.3 Å². The van der Waals surface area contributed by atoms with Crippen molar-refractivity contribution in [3.63, 3.8) is 0 Å². The van der Waals surface area contributed by atoms with Gasteiger partial charge in [-0.15, -0.1) is 0 Å². The van der Waals surface area contributed by atoms with Crippen molar-refractivity contribution in [2.75, 3.05) is 12.8 Å². The minimum absolute atomic E-state index is 0.167. The zero-order valence-electron chi connectivity index (χ0n) is 9.58. The average Bonchev–Trinajstić information content (AvgIpc) is 2.84. The molecule has 3 rings (SSSR count). The molecule has 18 heavy (non-hydrogen) atoms. The molecule has 0 saturated heterocycles. The number of rotatable bonds is 1. The predicted molar refractivity (Wildman–Crippen MR) is 63.0 cm³/mol. The first-order chi connectivity index (χ1) is 8.50. The van der Waals surface area contributed by atoms with Gasteiger partial charge in [-0.25, -0.2) is 4.31 Å². The van der Waals surface area contributed by atoms with Gasteiger partial charge in [0.2, 0.25) is 0 Å². The summed E-state index contributed by atoms with van der Waals surface area (Å²) in [6.45, 7) is 2.13. The molecule has 1 aliphatic rings. The number of alkyl halides is 3. The first-order valence-corrected chi connectivity index (χ1v) is 6.61. The van der Waals surface area contributed by atoms with Crippen LogP contribution < -0.4 is 0 Å². The minimum Gasteiger partial charge on any atom is -0.325 e. The summed E-state index contributed by atoms with van der Waals surface area (Å²) in [7, 11) is 0. The normalized spacial score (nSPS) is 17.3. The van der Waals surface area contributed by atoms with E-state index in [4.69, 9.17) is 0 Å². The molecule has 0 aromatic carbocycles. The molecular weight excluding hydrogens is 265 g/mol. The van der Waals surface area contributed by atoms with Crippen LogP contribution in [0.15, 0.2) is 6.07 Å². The second kappa shape index (κ2) is 3.92. The fourth-order valence-electron chi connectivity index (χ4n) is 2.29. The van der Waals surface area contributed by atoms with Crippen LogP contribution in [-0.4, -0.2) is 31.9 Å². The number of halogens is 3.